The first kappa shape index (κ1) is 8.13. The molecule has 2 rings (SSSR count). The maximum atomic E-state index is 10.2. The Balaban J connectivity index is 1.92. The molecule has 0 unspecified atom stereocenters. The highest BCUT2D eigenvalue weighted by Crippen LogP contribution is 2.36. The van der Waals surface area contributed by atoms with Crippen molar-refractivity contribution in [2.45, 2.75) is 37.5 Å². The van der Waals surface area contributed by atoms with E-state index in [9.17, 15) is 4.91 Å². The molecule has 1 saturated carbocycles. The summed E-state index contributed by atoms with van der Waals surface area (Å²) >= 11 is 0. The summed E-state index contributed by atoms with van der Waals surface area (Å²) in [5.41, 5.74) is 0. The lowest BCUT2D eigenvalue weighted by Crippen LogP contribution is -2.36. The summed E-state index contributed by atoms with van der Waals surface area (Å²) in [7, 11) is 0. The van der Waals surface area contributed by atoms with Crippen LogP contribution in [0.25, 0.3) is 0 Å². The van der Waals surface area contributed by atoms with E-state index in [0.717, 1.165) is 25.7 Å². The zero-order valence-electron chi connectivity index (χ0n) is 6.99. The van der Waals surface area contributed by atoms with Crippen molar-refractivity contribution in [2.24, 2.45) is 5.18 Å². The van der Waals surface area contributed by atoms with Crippen LogP contribution in [0.4, 0.5) is 0 Å². The van der Waals surface area contributed by atoms with Crippen LogP contribution in [0.2, 0.25) is 0 Å². The first-order chi connectivity index (χ1) is 5.85. The van der Waals surface area contributed by atoms with Crippen LogP contribution in [-0.2, 0) is 9.47 Å². The summed E-state index contributed by atoms with van der Waals surface area (Å²) in [5.74, 6) is -0.346. The fraction of sp³-hybridized carbons (Fsp3) is 1.00. The molecule has 1 aliphatic carbocycles. The molecule has 1 saturated heterocycles. The molecule has 68 valence electrons. The van der Waals surface area contributed by atoms with Gasteiger partial charge >= 0.3 is 0 Å². The van der Waals surface area contributed by atoms with Crippen LogP contribution < -0.4 is 0 Å². The summed E-state index contributed by atoms with van der Waals surface area (Å²) in [5, 5.41) is 3.04. The Hall–Kier alpha value is -0.480. The smallest absolute Gasteiger partial charge is 0.168 e. The summed E-state index contributed by atoms with van der Waals surface area (Å²) in [6, 6.07) is -0.0107. The van der Waals surface area contributed by atoms with Crippen LogP contribution in [0.15, 0.2) is 5.18 Å². The summed E-state index contributed by atoms with van der Waals surface area (Å²) in [6.07, 6.45) is 3.26. The number of hydrogen-bond donors (Lipinski definition) is 0. The fourth-order valence-corrected chi connectivity index (χ4v) is 1.93. The minimum Gasteiger partial charge on any atom is -0.348 e. The maximum Gasteiger partial charge on any atom is 0.168 e. The lowest BCUT2D eigenvalue weighted by Gasteiger charge is -2.32. The monoisotopic (exact) mass is 171 g/mol. The lowest BCUT2D eigenvalue weighted by molar-refractivity contribution is -0.178. The molecule has 2 fully saturated rings. The zero-order chi connectivity index (χ0) is 8.44. The number of hydrogen-bond acceptors (Lipinski definition) is 4. The first-order valence-corrected chi connectivity index (χ1v) is 4.45. The van der Waals surface area contributed by atoms with Gasteiger partial charge in [-0.15, -0.1) is 0 Å². The molecule has 0 aromatic heterocycles. The van der Waals surface area contributed by atoms with Crippen LogP contribution in [0.1, 0.15) is 25.7 Å². The van der Waals surface area contributed by atoms with Gasteiger partial charge in [0.05, 0.1) is 19.3 Å². The minimum absolute atomic E-state index is 0.0107. The molecule has 0 bridgehead atoms. The van der Waals surface area contributed by atoms with Crippen LogP contribution in [0, 0.1) is 4.91 Å². The van der Waals surface area contributed by atoms with Gasteiger partial charge in [-0.2, -0.15) is 4.91 Å². The van der Waals surface area contributed by atoms with E-state index in [1.807, 2.05) is 0 Å². The summed E-state index contributed by atoms with van der Waals surface area (Å²) < 4.78 is 11.0. The summed E-state index contributed by atoms with van der Waals surface area (Å²) in [4.78, 5) is 10.2. The van der Waals surface area contributed by atoms with Crippen molar-refractivity contribution in [3.05, 3.63) is 4.91 Å². The van der Waals surface area contributed by atoms with Gasteiger partial charge in [0, 0.05) is 12.8 Å². The SMILES string of the molecule is O=NC1CCC2(CC1)OCCO2. The standard InChI is InChI=1S/C8H13NO3/c10-9-7-1-3-8(4-2-7)11-5-6-12-8/h7H,1-6H2. The van der Waals surface area contributed by atoms with Gasteiger partial charge in [0.1, 0.15) is 0 Å². The molecule has 0 radical (unpaired) electrons. The second-order valence-corrected chi connectivity index (χ2v) is 3.44. The topological polar surface area (TPSA) is 47.9 Å². The molecule has 1 aliphatic heterocycles. The van der Waals surface area contributed by atoms with Crippen molar-refractivity contribution in [2.75, 3.05) is 13.2 Å². The summed E-state index contributed by atoms with van der Waals surface area (Å²) in [6.45, 7) is 1.39. The number of rotatable bonds is 1. The molecule has 12 heavy (non-hydrogen) atoms. The van der Waals surface area contributed by atoms with Crippen LogP contribution in [0.5, 0.6) is 0 Å². The van der Waals surface area contributed by atoms with E-state index in [-0.39, 0.29) is 11.8 Å². The van der Waals surface area contributed by atoms with Crippen molar-refractivity contribution in [3.63, 3.8) is 0 Å². The molecular formula is C8H13NO3. The second-order valence-electron chi connectivity index (χ2n) is 3.44. The molecule has 1 heterocycles. The van der Waals surface area contributed by atoms with E-state index in [1.54, 1.807) is 0 Å². The van der Waals surface area contributed by atoms with E-state index >= 15 is 0 Å². The Morgan fingerprint density at radius 2 is 1.75 bits per heavy atom. The van der Waals surface area contributed by atoms with Crippen LogP contribution in [0.3, 0.4) is 0 Å². The average molecular weight is 171 g/mol. The number of ether oxygens (including phenoxy) is 2. The van der Waals surface area contributed by atoms with Crippen molar-refractivity contribution in [1.82, 2.24) is 0 Å². The number of nitroso groups, excluding NO2 is 1. The normalized spacial score (nSPS) is 29.3. The highest BCUT2D eigenvalue weighted by atomic mass is 16.7. The van der Waals surface area contributed by atoms with E-state index in [2.05, 4.69) is 5.18 Å². The molecule has 1 spiro atoms. The second kappa shape index (κ2) is 3.11. The van der Waals surface area contributed by atoms with Crippen molar-refractivity contribution < 1.29 is 9.47 Å². The van der Waals surface area contributed by atoms with E-state index in [0.29, 0.717) is 13.2 Å². The highest BCUT2D eigenvalue weighted by Gasteiger charge is 2.40. The third-order valence-corrected chi connectivity index (χ3v) is 2.68. The van der Waals surface area contributed by atoms with Crippen LogP contribution >= 0.6 is 0 Å². The third kappa shape index (κ3) is 1.36. The van der Waals surface area contributed by atoms with E-state index in [4.69, 9.17) is 9.47 Å². The van der Waals surface area contributed by atoms with Gasteiger partial charge in [-0.1, -0.05) is 5.18 Å². The van der Waals surface area contributed by atoms with Gasteiger partial charge in [-0.25, -0.2) is 0 Å². The Bertz CT molecular complexity index is 167. The molecular weight excluding hydrogens is 158 g/mol. The van der Waals surface area contributed by atoms with E-state index in [1.165, 1.54) is 0 Å². The lowest BCUT2D eigenvalue weighted by atomic mass is 9.91. The van der Waals surface area contributed by atoms with Crippen LogP contribution in [-0.4, -0.2) is 25.0 Å². The predicted molar refractivity (Wildman–Crippen MR) is 42.7 cm³/mol. The molecule has 2 aliphatic rings. The molecule has 0 aromatic carbocycles. The van der Waals surface area contributed by atoms with Crippen molar-refractivity contribution in [3.8, 4) is 0 Å². The minimum atomic E-state index is -0.346. The Kier molecular flexibility index (Phi) is 2.11. The quantitative estimate of drug-likeness (QED) is 0.561. The maximum absolute atomic E-state index is 10.2. The zero-order valence-corrected chi connectivity index (χ0v) is 6.99. The third-order valence-electron chi connectivity index (χ3n) is 2.68. The van der Waals surface area contributed by atoms with Gasteiger partial charge in [-0.05, 0) is 12.8 Å². The molecule has 0 aromatic rings. The van der Waals surface area contributed by atoms with Crippen molar-refractivity contribution in [1.29, 1.82) is 0 Å². The Morgan fingerprint density at radius 3 is 2.25 bits per heavy atom. The molecule has 0 amide bonds. The van der Waals surface area contributed by atoms with Gasteiger partial charge in [-0.3, -0.25) is 0 Å². The molecule has 0 atom stereocenters. The predicted octanol–water partition coefficient (Wildman–Crippen LogP) is 1.44. The van der Waals surface area contributed by atoms with Crippen molar-refractivity contribution >= 4 is 0 Å². The average Bonchev–Trinajstić information content (AvgIpc) is 2.55. The highest BCUT2D eigenvalue weighted by molar-refractivity contribution is 4.84. The largest absolute Gasteiger partial charge is 0.348 e. The molecule has 4 nitrogen and oxygen atoms in total. The molecule has 0 N–H and O–H groups in total. The first-order valence-electron chi connectivity index (χ1n) is 4.45. The van der Waals surface area contributed by atoms with Gasteiger partial charge < -0.3 is 9.47 Å². The number of nitrogens with zero attached hydrogens (tertiary/aromatic N) is 1. The van der Waals surface area contributed by atoms with Gasteiger partial charge in [0.15, 0.2) is 5.79 Å². The fourth-order valence-electron chi connectivity index (χ4n) is 1.93. The molecule has 4 heteroatoms. The Morgan fingerprint density at radius 1 is 1.17 bits per heavy atom. The van der Waals surface area contributed by atoms with Gasteiger partial charge in [0.2, 0.25) is 0 Å². The van der Waals surface area contributed by atoms with Gasteiger partial charge in [0.25, 0.3) is 0 Å². The van der Waals surface area contributed by atoms with E-state index < -0.39 is 0 Å². The Labute approximate surface area is 71.2 Å².